The first-order chi connectivity index (χ1) is 35.8. The number of aromatic nitrogens is 1. The monoisotopic (exact) mass is 912 g/mol. The van der Waals surface area contributed by atoms with Crippen LogP contribution in [0.1, 0.15) is 44.5 Å². The van der Waals surface area contributed by atoms with E-state index in [1.807, 2.05) is 0 Å². The molecule has 1 aliphatic heterocycles. The highest BCUT2D eigenvalue weighted by atomic mass is 15.1. The molecule has 12 aromatic carbocycles. The van der Waals surface area contributed by atoms with Gasteiger partial charge in [0.1, 0.15) is 0 Å². The molecule has 0 radical (unpaired) electrons. The van der Waals surface area contributed by atoms with Gasteiger partial charge in [0, 0.05) is 27.4 Å². The fraction of sp³-hybridized carbons (Fsp3) is 0.0286. The van der Waals surface area contributed by atoms with E-state index in [2.05, 4.69) is 276 Å². The average molecular weight is 913 g/mol. The normalized spacial score (nSPS) is 15.4. The van der Waals surface area contributed by atoms with Gasteiger partial charge in [0.25, 0.3) is 0 Å². The second-order valence-corrected chi connectivity index (χ2v) is 19.8. The zero-order valence-corrected chi connectivity index (χ0v) is 39.3. The minimum absolute atomic E-state index is 0.594. The smallest absolute Gasteiger partial charge is 0.0755 e. The fourth-order valence-electron chi connectivity index (χ4n) is 14.0. The summed E-state index contributed by atoms with van der Waals surface area (Å²) >= 11 is 0. The lowest BCUT2D eigenvalue weighted by molar-refractivity contribution is 0.748. The third-order valence-electron chi connectivity index (χ3n) is 16.6. The van der Waals surface area contributed by atoms with Gasteiger partial charge in [0.15, 0.2) is 0 Å². The Morgan fingerprint density at radius 2 is 0.861 bits per heavy atom. The second kappa shape index (κ2) is 14.6. The molecule has 1 aromatic heterocycles. The van der Waals surface area contributed by atoms with E-state index < -0.39 is 10.8 Å². The Bertz CT molecular complexity index is 4360. The van der Waals surface area contributed by atoms with Crippen molar-refractivity contribution in [3.05, 3.63) is 311 Å². The maximum atomic E-state index is 2.59. The third-order valence-corrected chi connectivity index (χ3v) is 16.6. The van der Waals surface area contributed by atoms with Crippen LogP contribution in [0.3, 0.4) is 0 Å². The van der Waals surface area contributed by atoms with E-state index in [-0.39, 0.29) is 0 Å². The first-order valence-electron chi connectivity index (χ1n) is 25.2. The highest BCUT2D eigenvalue weighted by Gasteiger charge is 2.52. The van der Waals surface area contributed by atoms with Crippen molar-refractivity contribution in [3.63, 3.8) is 0 Å². The Labute approximate surface area is 418 Å². The van der Waals surface area contributed by atoms with Crippen LogP contribution in [-0.2, 0) is 10.8 Å². The average Bonchev–Trinajstić information content (AvgIpc) is 4.07. The van der Waals surface area contributed by atoms with Gasteiger partial charge in [-0.25, -0.2) is 0 Å². The van der Waals surface area contributed by atoms with Gasteiger partial charge in [0.05, 0.1) is 38.9 Å². The van der Waals surface area contributed by atoms with E-state index in [0.717, 1.165) is 17.1 Å². The molecular weight excluding hydrogens is 869 g/mol. The Balaban J connectivity index is 1.03. The lowest BCUT2D eigenvalue weighted by Crippen LogP contribution is -2.33. The summed E-state index contributed by atoms with van der Waals surface area (Å²) in [6, 6.07) is 101. The van der Waals surface area contributed by atoms with Crippen molar-refractivity contribution in [1.82, 2.24) is 4.57 Å². The van der Waals surface area contributed by atoms with Gasteiger partial charge >= 0.3 is 0 Å². The topological polar surface area (TPSA) is 8.17 Å². The molecule has 16 rings (SSSR count). The van der Waals surface area contributed by atoms with Gasteiger partial charge in [-0.3, -0.25) is 0 Å². The standard InChI is InChI=1S/C70H44N2/c1-3-23-47(24-4-1)69(48-25-5-2-6-26-48)59-43-40-46-21-8-10-28-51(46)66(59)55-42-41-49(44-61(55)69)71(62-38-17-22-45-20-7-9-27-50(45)62)65-39-19-34-58-67(65)54-30-11-13-32-56(54)70(58)57-33-14-16-37-64(57)72-63-36-15-12-29-52(63)53-31-18-35-60(70)68(53)72/h1-44H. The largest absolute Gasteiger partial charge is 0.309 e. The summed E-state index contributed by atoms with van der Waals surface area (Å²) < 4.78 is 2.53. The lowest BCUT2D eigenvalue weighted by atomic mass is 9.65. The molecule has 0 fully saturated rings. The molecule has 0 saturated heterocycles. The molecule has 72 heavy (non-hydrogen) atoms. The van der Waals surface area contributed by atoms with Gasteiger partial charge in [-0.2, -0.15) is 0 Å². The minimum Gasteiger partial charge on any atom is -0.309 e. The number of nitrogens with zero attached hydrogens (tertiary/aromatic N) is 2. The van der Waals surface area contributed by atoms with Crippen LogP contribution in [0.2, 0.25) is 0 Å². The van der Waals surface area contributed by atoms with E-state index in [4.69, 9.17) is 0 Å². The molecule has 2 aliphatic carbocycles. The number of anilines is 3. The van der Waals surface area contributed by atoms with Crippen LogP contribution >= 0.6 is 0 Å². The Hall–Kier alpha value is -9.24. The highest BCUT2D eigenvalue weighted by molar-refractivity contribution is 6.14. The van der Waals surface area contributed by atoms with Crippen LogP contribution in [-0.4, -0.2) is 4.57 Å². The molecule has 2 heteroatoms. The summed E-state index contributed by atoms with van der Waals surface area (Å²) in [5, 5.41) is 7.47. The molecule has 334 valence electrons. The van der Waals surface area contributed by atoms with E-state index >= 15 is 0 Å². The number of hydrogen-bond donors (Lipinski definition) is 0. The molecule has 0 N–H and O–H groups in total. The Morgan fingerprint density at radius 1 is 0.306 bits per heavy atom. The van der Waals surface area contributed by atoms with Crippen LogP contribution in [0.25, 0.3) is 71.3 Å². The summed E-state index contributed by atoms with van der Waals surface area (Å²) in [5.41, 5.74) is 21.3. The molecule has 2 heterocycles. The maximum Gasteiger partial charge on any atom is 0.0755 e. The summed E-state index contributed by atoms with van der Waals surface area (Å²) in [5.74, 6) is 0. The van der Waals surface area contributed by atoms with Gasteiger partial charge in [-0.05, 0) is 114 Å². The number of rotatable bonds is 5. The van der Waals surface area contributed by atoms with Crippen molar-refractivity contribution in [2.75, 3.05) is 4.90 Å². The van der Waals surface area contributed by atoms with Gasteiger partial charge in [0.2, 0.25) is 0 Å². The number of para-hydroxylation sites is 3. The SMILES string of the molecule is c1ccc(C2(c3ccccc3)c3cc(N(c4cccc5c4-c4ccccc4C54c5ccccc5-n5c6ccccc6c6cccc4c65)c4cccc5ccccc45)ccc3-c3c2ccc2ccccc32)cc1. The van der Waals surface area contributed by atoms with Crippen molar-refractivity contribution in [2.24, 2.45) is 0 Å². The molecule has 0 amide bonds. The fourth-order valence-corrected chi connectivity index (χ4v) is 14.0. The van der Waals surface area contributed by atoms with Crippen LogP contribution in [0.15, 0.2) is 267 Å². The van der Waals surface area contributed by atoms with Crippen molar-refractivity contribution < 1.29 is 0 Å². The van der Waals surface area contributed by atoms with Crippen molar-refractivity contribution >= 4 is 60.4 Å². The predicted molar refractivity (Wildman–Crippen MR) is 299 cm³/mol. The predicted octanol–water partition coefficient (Wildman–Crippen LogP) is 17.6. The molecule has 13 aromatic rings. The molecule has 3 aliphatic rings. The zero-order valence-electron chi connectivity index (χ0n) is 39.3. The molecular formula is C70H44N2. The molecule has 1 spiro atoms. The van der Waals surface area contributed by atoms with Crippen LogP contribution < -0.4 is 4.90 Å². The second-order valence-electron chi connectivity index (χ2n) is 19.8. The van der Waals surface area contributed by atoms with Crippen molar-refractivity contribution in [1.29, 1.82) is 0 Å². The first kappa shape index (κ1) is 39.6. The van der Waals surface area contributed by atoms with Crippen LogP contribution in [0.5, 0.6) is 0 Å². The molecule has 0 saturated carbocycles. The summed E-state index contributed by atoms with van der Waals surface area (Å²) in [4.78, 5) is 2.59. The maximum absolute atomic E-state index is 2.59. The summed E-state index contributed by atoms with van der Waals surface area (Å²) in [7, 11) is 0. The Kier molecular flexibility index (Phi) is 8.05. The zero-order chi connectivity index (χ0) is 47.1. The molecule has 0 bridgehead atoms. The quantitative estimate of drug-likeness (QED) is 0.167. The van der Waals surface area contributed by atoms with E-state index in [9.17, 15) is 0 Å². The van der Waals surface area contributed by atoms with Crippen LogP contribution in [0, 0.1) is 0 Å². The van der Waals surface area contributed by atoms with Crippen LogP contribution in [0.4, 0.5) is 17.1 Å². The van der Waals surface area contributed by atoms with E-state index in [1.165, 1.54) is 116 Å². The third kappa shape index (κ3) is 4.93. The van der Waals surface area contributed by atoms with Gasteiger partial charge in [-0.15, -0.1) is 0 Å². The Morgan fingerprint density at radius 3 is 1.68 bits per heavy atom. The summed E-state index contributed by atoms with van der Waals surface area (Å²) in [6.45, 7) is 0. The van der Waals surface area contributed by atoms with E-state index in [0.29, 0.717) is 0 Å². The number of hydrogen-bond acceptors (Lipinski definition) is 1. The van der Waals surface area contributed by atoms with Crippen molar-refractivity contribution in [2.45, 2.75) is 10.8 Å². The molecule has 1 atom stereocenters. The number of fused-ring (bicyclic) bond motifs is 18. The van der Waals surface area contributed by atoms with E-state index in [1.54, 1.807) is 0 Å². The lowest BCUT2D eigenvalue weighted by Gasteiger charge is -2.39. The number of benzene rings is 12. The van der Waals surface area contributed by atoms with Gasteiger partial charge < -0.3 is 9.47 Å². The molecule has 1 unspecified atom stereocenters. The first-order valence-corrected chi connectivity index (χ1v) is 25.2. The summed E-state index contributed by atoms with van der Waals surface area (Å²) in [6.07, 6.45) is 0. The van der Waals surface area contributed by atoms with Crippen molar-refractivity contribution in [3.8, 4) is 27.9 Å². The minimum atomic E-state index is -0.601. The molecule has 2 nitrogen and oxygen atoms in total. The van der Waals surface area contributed by atoms with Gasteiger partial charge in [-0.1, -0.05) is 231 Å². The highest BCUT2D eigenvalue weighted by Crippen LogP contribution is 2.64.